The predicted octanol–water partition coefficient (Wildman–Crippen LogP) is 1.63. The monoisotopic (exact) mass is 186 g/mol. The number of aryl methyl sites for hydroxylation is 2. The van der Waals surface area contributed by atoms with Gasteiger partial charge in [-0.2, -0.15) is 10.4 Å². The maximum Gasteiger partial charge on any atom is 0.141 e. The third-order valence-corrected chi connectivity index (χ3v) is 2.18. The summed E-state index contributed by atoms with van der Waals surface area (Å²) in [5.74, 6) is 0. The highest BCUT2D eigenvalue weighted by Crippen LogP contribution is 2.15. The van der Waals surface area contributed by atoms with Crippen molar-refractivity contribution in [2.45, 2.75) is 20.4 Å². The summed E-state index contributed by atoms with van der Waals surface area (Å²) in [6, 6.07) is 5.64. The van der Waals surface area contributed by atoms with Gasteiger partial charge in [0.2, 0.25) is 0 Å². The Morgan fingerprint density at radius 1 is 1.50 bits per heavy atom. The lowest BCUT2D eigenvalue weighted by molar-refractivity contribution is 0.676. The second-order valence-corrected chi connectivity index (χ2v) is 3.08. The quantitative estimate of drug-likeness (QED) is 0.680. The third kappa shape index (κ3) is 1.14. The molecule has 0 bridgehead atoms. The van der Waals surface area contributed by atoms with Gasteiger partial charge in [-0.15, -0.1) is 0 Å². The SMILES string of the molecule is CCn1nc(C)c2nc(C#N)ccc21. The van der Waals surface area contributed by atoms with Gasteiger partial charge in [0.15, 0.2) is 0 Å². The molecule has 0 aliphatic rings. The Labute approximate surface area is 81.8 Å². The Balaban J connectivity index is 2.78. The molecule has 0 radical (unpaired) electrons. The van der Waals surface area contributed by atoms with Crippen LogP contribution in [0.25, 0.3) is 11.0 Å². The van der Waals surface area contributed by atoms with Crippen LogP contribution in [0.15, 0.2) is 12.1 Å². The number of hydrogen-bond acceptors (Lipinski definition) is 3. The molecular weight excluding hydrogens is 176 g/mol. The highest BCUT2D eigenvalue weighted by atomic mass is 15.3. The van der Waals surface area contributed by atoms with Gasteiger partial charge in [-0.05, 0) is 26.0 Å². The van der Waals surface area contributed by atoms with Gasteiger partial charge in [0.1, 0.15) is 17.3 Å². The zero-order valence-electron chi connectivity index (χ0n) is 8.15. The molecule has 14 heavy (non-hydrogen) atoms. The van der Waals surface area contributed by atoms with E-state index >= 15 is 0 Å². The summed E-state index contributed by atoms with van der Waals surface area (Å²) >= 11 is 0. The highest BCUT2D eigenvalue weighted by Gasteiger charge is 2.07. The van der Waals surface area contributed by atoms with Crippen molar-refractivity contribution >= 4 is 11.0 Å². The van der Waals surface area contributed by atoms with Gasteiger partial charge in [0.05, 0.1) is 11.2 Å². The van der Waals surface area contributed by atoms with E-state index in [0.29, 0.717) is 5.69 Å². The van der Waals surface area contributed by atoms with Gasteiger partial charge in [0, 0.05) is 6.54 Å². The van der Waals surface area contributed by atoms with Crippen LogP contribution in [0.5, 0.6) is 0 Å². The Hall–Kier alpha value is -1.89. The molecule has 4 nitrogen and oxygen atoms in total. The van der Waals surface area contributed by atoms with Gasteiger partial charge < -0.3 is 0 Å². The van der Waals surface area contributed by atoms with Crippen LogP contribution in [-0.2, 0) is 6.54 Å². The fourth-order valence-corrected chi connectivity index (χ4v) is 1.51. The fourth-order valence-electron chi connectivity index (χ4n) is 1.51. The molecule has 0 saturated heterocycles. The average molecular weight is 186 g/mol. The molecule has 0 aromatic carbocycles. The van der Waals surface area contributed by atoms with Crippen molar-refractivity contribution in [3.05, 3.63) is 23.5 Å². The van der Waals surface area contributed by atoms with Gasteiger partial charge in [-0.25, -0.2) is 4.98 Å². The standard InChI is InChI=1S/C10H10N4/c1-3-14-9-5-4-8(6-11)12-10(9)7(2)13-14/h4-5H,3H2,1-2H3. The molecule has 0 unspecified atom stereocenters. The fraction of sp³-hybridized carbons (Fsp3) is 0.300. The van der Waals surface area contributed by atoms with Crippen molar-refractivity contribution in [3.8, 4) is 6.07 Å². The molecule has 0 spiro atoms. The number of fused-ring (bicyclic) bond motifs is 1. The molecule has 0 N–H and O–H groups in total. The molecule has 2 aromatic rings. The lowest BCUT2D eigenvalue weighted by Crippen LogP contribution is -1.95. The Bertz CT molecular complexity index is 519. The zero-order valence-corrected chi connectivity index (χ0v) is 8.15. The van der Waals surface area contributed by atoms with Crippen LogP contribution in [-0.4, -0.2) is 14.8 Å². The first-order valence-electron chi connectivity index (χ1n) is 4.50. The highest BCUT2D eigenvalue weighted by molar-refractivity contribution is 5.77. The number of nitriles is 1. The normalized spacial score (nSPS) is 10.4. The van der Waals surface area contributed by atoms with Crippen LogP contribution in [0.2, 0.25) is 0 Å². The Morgan fingerprint density at radius 3 is 2.93 bits per heavy atom. The van der Waals surface area contributed by atoms with Crippen molar-refractivity contribution in [1.29, 1.82) is 5.26 Å². The van der Waals surface area contributed by atoms with Crippen LogP contribution < -0.4 is 0 Å². The van der Waals surface area contributed by atoms with Crippen molar-refractivity contribution in [1.82, 2.24) is 14.8 Å². The maximum atomic E-state index is 8.71. The van der Waals surface area contributed by atoms with Gasteiger partial charge in [0.25, 0.3) is 0 Å². The molecule has 4 heteroatoms. The molecule has 2 heterocycles. The van der Waals surface area contributed by atoms with Crippen LogP contribution in [0.4, 0.5) is 0 Å². The minimum absolute atomic E-state index is 0.441. The number of pyridine rings is 1. The molecule has 2 rings (SSSR count). The van der Waals surface area contributed by atoms with Gasteiger partial charge in [-0.1, -0.05) is 0 Å². The lowest BCUT2D eigenvalue weighted by Gasteiger charge is -1.96. The van der Waals surface area contributed by atoms with E-state index in [1.165, 1.54) is 0 Å². The summed E-state index contributed by atoms with van der Waals surface area (Å²) in [6.45, 7) is 4.75. The molecule has 0 aliphatic carbocycles. The van der Waals surface area contributed by atoms with Crippen LogP contribution in [0, 0.1) is 18.3 Å². The van der Waals surface area contributed by atoms with Gasteiger partial charge >= 0.3 is 0 Å². The van der Waals surface area contributed by atoms with Crippen molar-refractivity contribution in [2.75, 3.05) is 0 Å². The Kier molecular flexibility index (Phi) is 1.93. The van der Waals surface area contributed by atoms with E-state index in [9.17, 15) is 0 Å². The molecule has 0 fully saturated rings. The number of aromatic nitrogens is 3. The van der Waals surface area contributed by atoms with Gasteiger partial charge in [-0.3, -0.25) is 4.68 Å². The number of nitrogens with zero attached hydrogens (tertiary/aromatic N) is 4. The van der Waals surface area contributed by atoms with Crippen molar-refractivity contribution in [3.63, 3.8) is 0 Å². The lowest BCUT2D eigenvalue weighted by atomic mass is 10.3. The maximum absolute atomic E-state index is 8.71. The first-order valence-corrected chi connectivity index (χ1v) is 4.50. The van der Waals surface area contributed by atoms with E-state index in [4.69, 9.17) is 5.26 Å². The van der Waals surface area contributed by atoms with E-state index in [1.807, 2.05) is 30.7 Å². The molecule has 70 valence electrons. The number of rotatable bonds is 1. The molecule has 0 aliphatic heterocycles. The molecule has 0 saturated carbocycles. The number of hydrogen-bond donors (Lipinski definition) is 0. The smallest absolute Gasteiger partial charge is 0.141 e. The third-order valence-electron chi connectivity index (χ3n) is 2.18. The molecule has 0 atom stereocenters. The second-order valence-electron chi connectivity index (χ2n) is 3.08. The van der Waals surface area contributed by atoms with E-state index in [1.54, 1.807) is 6.07 Å². The van der Waals surface area contributed by atoms with E-state index < -0.39 is 0 Å². The van der Waals surface area contributed by atoms with Crippen molar-refractivity contribution < 1.29 is 0 Å². The molecule has 0 amide bonds. The summed E-state index contributed by atoms with van der Waals surface area (Å²) in [4.78, 5) is 4.22. The summed E-state index contributed by atoms with van der Waals surface area (Å²) in [7, 11) is 0. The van der Waals surface area contributed by atoms with Crippen LogP contribution in [0.1, 0.15) is 18.3 Å². The predicted molar refractivity (Wildman–Crippen MR) is 52.7 cm³/mol. The van der Waals surface area contributed by atoms with Crippen LogP contribution >= 0.6 is 0 Å². The zero-order chi connectivity index (χ0) is 10.1. The minimum atomic E-state index is 0.441. The summed E-state index contributed by atoms with van der Waals surface area (Å²) in [6.07, 6.45) is 0. The van der Waals surface area contributed by atoms with Crippen molar-refractivity contribution in [2.24, 2.45) is 0 Å². The summed E-state index contributed by atoms with van der Waals surface area (Å²) < 4.78 is 1.89. The average Bonchev–Trinajstić information content (AvgIpc) is 2.55. The Morgan fingerprint density at radius 2 is 2.29 bits per heavy atom. The molecular formula is C10H10N4. The summed E-state index contributed by atoms with van der Waals surface area (Å²) in [5, 5.41) is 13.0. The van der Waals surface area contributed by atoms with E-state index in [2.05, 4.69) is 10.1 Å². The van der Waals surface area contributed by atoms with E-state index in [-0.39, 0.29) is 0 Å². The first kappa shape index (κ1) is 8.70. The largest absolute Gasteiger partial charge is 0.263 e. The summed E-state index contributed by atoms with van der Waals surface area (Å²) in [5.41, 5.74) is 3.13. The van der Waals surface area contributed by atoms with Crippen LogP contribution in [0.3, 0.4) is 0 Å². The minimum Gasteiger partial charge on any atom is -0.263 e. The topological polar surface area (TPSA) is 54.5 Å². The van der Waals surface area contributed by atoms with E-state index in [0.717, 1.165) is 23.3 Å². The second kappa shape index (κ2) is 3.11. The molecule has 2 aromatic heterocycles. The first-order chi connectivity index (χ1) is 6.76.